The van der Waals surface area contributed by atoms with Crippen LogP contribution >= 0.6 is 0 Å². The number of benzene rings is 4. The summed E-state index contributed by atoms with van der Waals surface area (Å²) in [5, 5.41) is 0. The van der Waals surface area contributed by atoms with Crippen LogP contribution in [0.25, 0.3) is 0 Å². The molecule has 10 nitrogen and oxygen atoms in total. The molecular formula is C39H40O10. The lowest BCUT2D eigenvalue weighted by molar-refractivity contribution is -0.246. The molecule has 1 heterocycles. The molecule has 0 radical (unpaired) electrons. The largest absolute Gasteiger partial charge is 0.459 e. The van der Waals surface area contributed by atoms with E-state index in [1.54, 1.807) is 30.3 Å². The van der Waals surface area contributed by atoms with Crippen molar-refractivity contribution in [3.8, 4) is 0 Å². The third-order valence-corrected chi connectivity index (χ3v) is 8.05. The van der Waals surface area contributed by atoms with Crippen LogP contribution in [0.3, 0.4) is 0 Å². The fraction of sp³-hybridized carbons (Fsp3) is 0.308. The molecule has 1 aliphatic rings. The summed E-state index contributed by atoms with van der Waals surface area (Å²) < 4.78 is 43.5. The molecule has 256 valence electrons. The Morgan fingerprint density at radius 1 is 0.592 bits per heavy atom. The van der Waals surface area contributed by atoms with Gasteiger partial charge in [-0.2, -0.15) is 0 Å². The SMILES string of the molecule is CC(=O)O[C@@H]1O[C@@](COCc2ccccc2)(COC(=O)c2ccccc2)[C@@](COCc2ccccc2)(OCc2ccccc2)[C@H]1OC(C)=O. The van der Waals surface area contributed by atoms with Gasteiger partial charge in [-0.15, -0.1) is 0 Å². The van der Waals surface area contributed by atoms with Gasteiger partial charge < -0.3 is 33.2 Å². The van der Waals surface area contributed by atoms with Crippen molar-refractivity contribution in [2.75, 3.05) is 19.8 Å². The average Bonchev–Trinajstić information content (AvgIpc) is 3.34. The Hall–Kier alpha value is -4.87. The molecule has 0 aliphatic carbocycles. The maximum Gasteiger partial charge on any atom is 0.338 e. The number of carbonyl (C=O) groups is 3. The Morgan fingerprint density at radius 2 is 1.06 bits per heavy atom. The number of hydrogen-bond donors (Lipinski definition) is 0. The highest BCUT2D eigenvalue weighted by Gasteiger charge is 2.71. The molecule has 1 fully saturated rings. The van der Waals surface area contributed by atoms with Crippen LogP contribution in [0.1, 0.15) is 40.9 Å². The van der Waals surface area contributed by atoms with Gasteiger partial charge in [-0.1, -0.05) is 109 Å². The van der Waals surface area contributed by atoms with E-state index in [-0.39, 0.29) is 33.0 Å². The molecule has 0 unspecified atom stereocenters. The van der Waals surface area contributed by atoms with E-state index in [0.29, 0.717) is 5.56 Å². The second kappa shape index (κ2) is 17.0. The first kappa shape index (κ1) is 35.4. The summed E-state index contributed by atoms with van der Waals surface area (Å²) in [6.07, 6.45) is -2.82. The highest BCUT2D eigenvalue weighted by atomic mass is 16.8. The standard InChI is InChI=1S/C39H40O10/c1-29(40)47-35-37(48-30(2)41)49-38(26-43-23-31-15-7-3-8-16-31,27-45-36(42)34-21-13-6-14-22-34)39(35,46-25-33-19-11-5-12-20-33)28-44-24-32-17-9-4-10-18-32/h3-22,35,37H,23-28H2,1-2H3/t35-,37+,38-,39-/m0/s1. The lowest BCUT2D eigenvalue weighted by Gasteiger charge is -2.44. The summed E-state index contributed by atoms with van der Waals surface area (Å²) in [7, 11) is 0. The normalized spacial score (nSPS) is 21.5. The van der Waals surface area contributed by atoms with Gasteiger partial charge in [-0.25, -0.2) is 4.79 Å². The van der Waals surface area contributed by atoms with E-state index in [0.717, 1.165) is 16.7 Å². The van der Waals surface area contributed by atoms with Gasteiger partial charge in [-0.3, -0.25) is 9.59 Å². The number of carbonyl (C=O) groups excluding carboxylic acids is 3. The Morgan fingerprint density at radius 3 is 1.57 bits per heavy atom. The maximum absolute atomic E-state index is 13.4. The van der Waals surface area contributed by atoms with Crippen molar-refractivity contribution in [2.24, 2.45) is 0 Å². The van der Waals surface area contributed by atoms with Gasteiger partial charge in [0.25, 0.3) is 0 Å². The second-order valence-electron chi connectivity index (χ2n) is 11.7. The quantitative estimate of drug-likeness (QED) is 0.107. The van der Waals surface area contributed by atoms with Crippen LogP contribution in [0.5, 0.6) is 0 Å². The predicted octanol–water partition coefficient (Wildman–Crippen LogP) is 5.82. The molecule has 1 saturated heterocycles. The molecule has 0 bridgehead atoms. The number of ether oxygens (including phenoxy) is 7. The summed E-state index contributed by atoms with van der Waals surface area (Å²) in [6.45, 7) is 1.88. The maximum atomic E-state index is 13.4. The van der Waals surface area contributed by atoms with E-state index in [2.05, 4.69) is 0 Å². The summed E-state index contributed by atoms with van der Waals surface area (Å²) >= 11 is 0. The van der Waals surface area contributed by atoms with Crippen molar-refractivity contribution in [1.82, 2.24) is 0 Å². The monoisotopic (exact) mass is 668 g/mol. The van der Waals surface area contributed by atoms with Crippen LogP contribution in [0, 0.1) is 0 Å². The summed E-state index contributed by atoms with van der Waals surface area (Å²) in [6, 6.07) is 36.8. The average molecular weight is 669 g/mol. The molecule has 0 spiro atoms. The van der Waals surface area contributed by atoms with Crippen LogP contribution < -0.4 is 0 Å². The Bertz CT molecular complexity index is 1630. The van der Waals surface area contributed by atoms with Crippen molar-refractivity contribution < 1.29 is 47.5 Å². The molecule has 4 atom stereocenters. The van der Waals surface area contributed by atoms with Gasteiger partial charge in [-0.05, 0) is 28.8 Å². The Balaban J connectivity index is 1.59. The minimum Gasteiger partial charge on any atom is -0.459 e. The zero-order valence-corrected chi connectivity index (χ0v) is 27.5. The predicted molar refractivity (Wildman–Crippen MR) is 178 cm³/mol. The van der Waals surface area contributed by atoms with Crippen LogP contribution in [-0.4, -0.2) is 61.3 Å². The number of rotatable bonds is 16. The third-order valence-electron chi connectivity index (χ3n) is 8.05. The molecular weight excluding hydrogens is 628 g/mol. The van der Waals surface area contributed by atoms with E-state index < -0.39 is 48.1 Å². The highest BCUT2D eigenvalue weighted by Crippen LogP contribution is 2.47. The smallest absolute Gasteiger partial charge is 0.338 e. The number of hydrogen-bond acceptors (Lipinski definition) is 10. The van der Waals surface area contributed by atoms with E-state index in [9.17, 15) is 14.4 Å². The fourth-order valence-electron chi connectivity index (χ4n) is 5.69. The van der Waals surface area contributed by atoms with E-state index in [1.165, 1.54) is 13.8 Å². The molecule has 0 amide bonds. The zero-order valence-electron chi connectivity index (χ0n) is 27.5. The van der Waals surface area contributed by atoms with Crippen molar-refractivity contribution >= 4 is 17.9 Å². The van der Waals surface area contributed by atoms with Crippen molar-refractivity contribution in [1.29, 1.82) is 0 Å². The highest BCUT2D eigenvalue weighted by molar-refractivity contribution is 5.89. The molecule has 4 aromatic rings. The molecule has 0 N–H and O–H groups in total. The van der Waals surface area contributed by atoms with Gasteiger partial charge in [0, 0.05) is 13.8 Å². The molecule has 4 aromatic carbocycles. The van der Waals surface area contributed by atoms with E-state index in [1.807, 2.05) is 91.0 Å². The molecule has 10 heteroatoms. The number of esters is 3. The lowest BCUT2D eigenvalue weighted by Crippen LogP contribution is -2.66. The fourth-order valence-corrected chi connectivity index (χ4v) is 5.69. The topological polar surface area (TPSA) is 116 Å². The summed E-state index contributed by atoms with van der Waals surface area (Å²) in [4.78, 5) is 38.6. The minimum absolute atomic E-state index is 0.0104. The van der Waals surface area contributed by atoms with Gasteiger partial charge in [0.15, 0.2) is 17.3 Å². The Labute approximate surface area is 285 Å². The van der Waals surface area contributed by atoms with Gasteiger partial charge in [0.2, 0.25) is 6.29 Å². The first-order chi connectivity index (χ1) is 23.8. The molecule has 0 saturated carbocycles. The van der Waals surface area contributed by atoms with Crippen LogP contribution in [-0.2, 0) is 62.6 Å². The van der Waals surface area contributed by atoms with Crippen molar-refractivity contribution in [2.45, 2.75) is 57.3 Å². The second-order valence-corrected chi connectivity index (χ2v) is 11.7. The molecule has 0 aromatic heterocycles. The van der Waals surface area contributed by atoms with Crippen molar-refractivity contribution in [3.63, 3.8) is 0 Å². The third kappa shape index (κ3) is 9.18. The molecule has 5 rings (SSSR count). The summed E-state index contributed by atoms with van der Waals surface area (Å²) in [5.74, 6) is -2.00. The molecule has 49 heavy (non-hydrogen) atoms. The van der Waals surface area contributed by atoms with Gasteiger partial charge in [0.1, 0.15) is 6.61 Å². The van der Waals surface area contributed by atoms with Crippen LogP contribution in [0.2, 0.25) is 0 Å². The van der Waals surface area contributed by atoms with Gasteiger partial charge in [0.05, 0.1) is 38.6 Å². The summed E-state index contributed by atoms with van der Waals surface area (Å²) in [5.41, 5.74) is -0.606. The lowest BCUT2D eigenvalue weighted by atomic mass is 9.81. The zero-order chi connectivity index (χ0) is 34.5. The van der Waals surface area contributed by atoms with Crippen molar-refractivity contribution in [3.05, 3.63) is 144 Å². The molecule has 1 aliphatic heterocycles. The van der Waals surface area contributed by atoms with Gasteiger partial charge >= 0.3 is 17.9 Å². The van der Waals surface area contributed by atoms with E-state index in [4.69, 9.17) is 33.2 Å². The first-order valence-corrected chi connectivity index (χ1v) is 16.0. The Kier molecular flexibility index (Phi) is 12.3. The van der Waals surface area contributed by atoms with Crippen LogP contribution in [0.15, 0.2) is 121 Å². The van der Waals surface area contributed by atoms with E-state index >= 15 is 0 Å². The first-order valence-electron chi connectivity index (χ1n) is 16.0. The van der Waals surface area contributed by atoms with Crippen LogP contribution in [0.4, 0.5) is 0 Å². The minimum atomic E-state index is -1.74.